The summed E-state index contributed by atoms with van der Waals surface area (Å²) in [6.45, 7) is 1.44. The largest absolute Gasteiger partial charge is 0.480 e. The summed E-state index contributed by atoms with van der Waals surface area (Å²) in [5.41, 5.74) is 0. The van der Waals surface area contributed by atoms with Crippen LogP contribution in [0.3, 0.4) is 0 Å². The van der Waals surface area contributed by atoms with Crippen LogP contribution < -0.4 is 5.32 Å². The predicted octanol–water partition coefficient (Wildman–Crippen LogP) is 1.86. The number of amides is 1. The normalized spacial score (nSPS) is 12.6. The first-order valence-electron chi connectivity index (χ1n) is 4.23. The Bertz CT molecular complexity index is 209. The molecule has 0 aromatic carbocycles. The van der Waals surface area contributed by atoms with E-state index < -0.39 is 12.0 Å². The number of carboxylic acid groups (broad SMARTS) is 1. The standard InChI is InChI=1S/C8H13Br2NO3/c1-5(8(13)14)11-7(12)4-2-3-6(9)10/h5-6H,2-4H2,1H3,(H,11,12)(H,13,14)/t5-/m0/s1. The number of carbonyl (C=O) groups is 2. The molecule has 1 amide bonds. The van der Waals surface area contributed by atoms with Gasteiger partial charge in [-0.1, -0.05) is 31.9 Å². The number of hydrogen-bond donors (Lipinski definition) is 2. The lowest BCUT2D eigenvalue weighted by molar-refractivity contribution is -0.141. The summed E-state index contributed by atoms with van der Waals surface area (Å²) in [5.74, 6) is -1.24. The molecule has 82 valence electrons. The number of nitrogens with one attached hydrogen (secondary N) is 1. The molecule has 0 bridgehead atoms. The Morgan fingerprint density at radius 1 is 1.43 bits per heavy atom. The van der Waals surface area contributed by atoms with Gasteiger partial charge in [0.1, 0.15) is 6.04 Å². The highest BCUT2D eigenvalue weighted by molar-refractivity contribution is 9.24. The molecule has 1 atom stereocenters. The van der Waals surface area contributed by atoms with Crippen molar-refractivity contribution in [1.82, 2.24) is 5.32 Å². The summed E-state index contributed by atoms with van der Waals surface area (Å²) in [7, 11) is 0. The lowest BCUT2D eigenvalue weighted by atomic mass is 10.2. The van der Waals surface area contributed by atoms with Gasteiger partial charge in [0.2, 0.25) is 5.91 Å². The van der Waals surface area contributed by atoms with Gasteiger partial charge < -0.3 is 10.4 Å². The Kier molecular flexibility index (Phi) is 7.17. The van der Waals surface area contributed by atoms with E-state index in [1.807, 2.05) is 0 Å². The maximum absolute atomic E-state index is 11.1. The first-order valence-corrected chi connectivity index (χ1v) is 6.07. The van der Waals surface area contributed by atoms with E-state index in [2.05, 4.69) is 37.2 Å². The van der Waals surface area contributed by atoms with Crippen molar-refractivity contribution in [3.05, 3.63) is 0 Å². The number of rotatable bonds is 6. The van der Waals surface area contributed by atoms with Crippen molar-refractivity contribution in [1.29, 1.82) is 0 Å². The zero-order chi connectivity index (χ0) is 11.1. The number of carboxylic acids is 1. The molecular weight excluding hydrogens is 318 g/mol. The van der Waals surface area contributed by atoms with E-state index >= 15 is 0 Å². The van der Waals surface area contributed by atoms with Crippen molar-refractivity contribution in [3.63, 3.8) is 0 Å². The van der Waals surface area contributed by atoms with Crippen LogP contribution in [-0.4, -0.2) is 26.8 Å². The molecule has 0 unspecified atom stereocenters. The second-order valence-corrected chi connectivity index (χ2v) is 6.35. The Morgan fingerprint density at radius 2 is 2.00 bits per heavy atom. The van der Waals surface area contributed by atoms with Crippen LogP contribution in [-0.2, 0) is 9.59 Å². The monoisotopic (exact) mass is 329 g/mol. The minimum atomic E-state index is -1.02. The van der Waals surface area contributed by atoms with Gasteiger partial charge in [0, 0.05) is 6.42 Å². The van der Waals surface area contributed by atoms with E-state index in [0.29, 0.717) is 6.42 Å². The number of carbonyl (C=O) groups excluding carboxylic acids is 1. The second kappa shape index (κ2) is 7.23. The summed E-state index contributed by atoms with van der Waals surface area (Å²) in [5, 5.41) is 10.9. The van der Waals surface area contributed by atoms with Crippen LogP contribution in [0.15, 0.2) is 0 Å². The molecule has 0 aliphatic rings. The molecule has 0 fully saturated rings. The summed E-state index contributed by atoms with van der Waals surface area (Å²) in [6, 6.07) is -0.814. The number of alkyl halides is 2. The third-order valence-corrected chi connectivity index (χ3v) is 2.49. The minimum absolute atomic E-state index is 0.208. The zero-order valence-electron chi connectivity index (χ0n) is 7.80. The number of halogens is 2. The van der Waals surface area contributed by atoms with Crippen molar-refractivity contribution >= 4 is 43.7 Å². The minimum Gasteiger partial charge on any atom is -0.480 e. The molecule has 0 aliphatic heterocycles. The lowest BCUT2D eigenvalue weighted by Crippen LogP contribution is -2.38. The number of hydrogen-bond acceptors (Lipinski definition) is 2. The van der Waals surface area contributed by atoms with Gasteiger partial charge in [-0.25, -0.2) is 0 Å². The van der Waals surface area contributed by atoms with Crippen molar-refractivity contribution in [2.24, 2.45) is 0 Å². The molecule has 0 aliphatic carbocycles. The van der Waals surface area contributed by atoms with Gasteiger partial charge >= 0.3 is 5.97 Å². The van der Waals surface area contributed by atoms with Gasteiger partial charge in [0.05, 0.1) is 3.74 Å². The van der Waals surface area contributed by atoms with Gasteiger partial charge in [0.25, 0.3) is 0 Å². The molecule has 4 nitrogen and oxygen atoms in total. The van der Waals surface area contributed by atoms with Crippen molar-refractivity contribution in [2.75, 3.05) is 0 Å². The predicted molar refractivity (Wildman–Crippen MR) is 60.7 cm³/mol. The van der Waals surface area contributed by atoms with Gasteiger partial charge in [0.15, 0.2) is 0 Å². The third-order valence-electron chi connectivity index (χ3n) is 1.57. The molecule has 0 radical (unpaired) electrons. The fourth-order valence-electron chi connectivity index (χ4n) is 0.792. The van der Waals surface area contributed by atoms with E-state index in [1.54, 1.807) is 0 Å². The highest BCUT2D eigenvalue weighted by atomic mass is 79.9. The Hall–Kier alpha value is -0.100. The zero-order valence-corrected chi connectivity index (χ0v) is 11.0. The van der Waals surface area contributed by atoms with Gasteiger partial charge in [-0.15, -0.1) is 0 Å². The molecular formula is C8H13Br2NO3. The topological polar surface area (TPSA) is 66.4 Å². The lowest BCUT2D eigenvalue weighted by Gasteiger charge is -2.08. The summed E-state index contributed by atoms with van der Waals surface area (Å²) in [6.07, 6.45) is 1.90. The number of aliphatic carboxylic acids is 1. The molecule has 6 heteroatoms. The van der Waals surface area contributed by atoms with Crippen LogP contribution in [0.2, 0.25) is 0 Å². The fourth-order valence-corrected chi connectivity index (χ4v) is 1.44. The Morgan fingerprint density at radius 3 is 2.43 bits per heavy atom. The average molecular weight is 331 g/mol. The second-order valence-electron chi connectivity index (χ2n) is 2.91. The maximum atomic E-state index is 11.1. The van der Waals surface area contributed by atoms with Crippen LogP contribution in [0, 0.1) is 0 Å². The summed E-state index contributed by atoms with van der Waals surface area (Å²) >= 11 is 6.58. The van der Waals surface area contributed by atoms with Crippen molar-refractivity contribution in [3.8, 4) is 0 Å². The van der Waals surface area contributed by atoms with E-state index in [4.69, 9.17) is 5.11 Å². The van der Waals surface area contributed by atoms with Gasteiger partial charge in [-0.2, -0.15) is 0 Å². The summed E-state index contributed by atoms with van der Waals surface area (Å²) < 4.78 is 0.208. The quantitative estimate of drug-likeness (QED) is 0.730. The maximum Gasteiger partial charge on any atom is 0.325 e. The van der Waals surface area contributed by atoms with Gasteiger partial charge in [-0.3, -0.25) is 9.59 Å². The van der Waals surface area contributed by atoms with Crippen LogP contribution in [0.1, 0.15) is 26.2 Å². The smallest absolute Gasteiger partial charge is 0.325 e. The van der Waals surface area contributed by atoms with E-state index in [1.165, 1.54) is 6.92 Å². The molecule has 2 N–H and O–H groups in total. The molecule has 14 heavy (non-hydrogen) atoms. The molecule has 0 aromatic heterocycles. The average Bonchev–Trinajstić information content (AvgIpc) is 2.02. The third kappa shape index (κ3) is 7.32. The molecule has 0 saturated carbocycles. The van der Waals surface area contributed by atoms with E-state index in [0.717, 1.165) is 12.8 Å². The molecule has 0 heterocycles. The molecule has 0 spiro atoms. The fraction of sp³-hybridized carbons (Fsp3) is 0.750. The van der Waals surface area contributed by atoms with Crippen LogP contribution >= 0.6 is 31.9 Å². The van der Waals surface area contributed by atoms with Crippen LogP contribution in [0.5, 0.6) is 0 Å². The SMILES string of the molecule is C[C@H](NC(=O)CCCC(Br)Br)C(=O)O. The molecule has 0 rings (SSSR count). The highest BCUT2D eigenvalue weighted by Crippen LogP contribution is 2.15. The Labute approximate surface area is 99.7 Å². The van der Waals surface area contributed by atoms with Crippen molar-refractivity contribution < 1.29 is 14.7 Å². The highest BCUT2D eigenvalue weighted by Gasteiger charge is 2.13. The molecule has 0 saturated heterocycles. The van der Waals surface area contributed by atoms with E-state index in [-0.39, 0.29) is 9.64 Å². The van der Waals surface area contributed by atoms with Crippen molar-refractivity contribution in [2.45, 2.75) is 36.0 Å². The first kappa shape index (κ1) is 13.9. The molecule has 0 aromatic rings. The summed E-state index contributed by atoms with van der Waals surface area (Å²) in [4.78, 5) is 21.5. The van der Waals surface area contributed by atoms with Crippen LogP contribution in [0.4, 0.5) is 0 Å². The van der Waals surface area contributed by atoms with Crippen LogP contribution in [0.25, 0.3) is 0 Å². The van der Waals surface area contributed by atoms with Gasteiger partial charge in [-0.05, 0) is 19.8 Å². The Balaban J connectivity index is 3.60. The first-order chi connectivity index (χ1) is 6.43. The van der Waals surface area contributed by atoms with E-state index in [9.17, 15) is 9.59 Å².